The van der Waals surface area contributed by atoms with Gasteiger partial charge in [-0.2, -0.15) is 0 Å². The molecule has 1 amide bonds. The molecule has 27 heavy (non-hydrogen) atoms. The summed E-state index contributed by atoms with van der Waals surface area (Å²) in [6.45, 7) is 0. The predicted molar refractivity (Wildman–Crippen MR) is 99.7 cm³/mol. The topological polar surface area (TPSA) is 96.7 Å². The maximum absolute atomic E-state index is 13.9. The summed E-state index contributed by atoms with van der Waals surface area (Å²) in [6.07, 6.45) is 1.81. The number of carbonyl (C=O) groups excluding carboxylic acids is 1. The lowest BCUT2D eigenvalue weighted by molar-refractivity contribution is 0.0995. The van der Waals surface area contributed by atoms with Crippen LogP contribution in [-0.2, 0) is 0 Å². The van der Waals surface area contributed by atoms with Gasteiger partial charge in [0.05, 0.1) is 6.04 Å². The van der Waals surface area contributed by atoms with Crippen LogP contribution in [0.5, 0.6) is 0 Å². The Morgan fingerprint density at radius 2 is 1.96 bits per heavy atom. The molecular weight excluding hydrogens is 345 g/mol. The molecule has 4 N–H and O–H groups in total. The zero-order valence-electron chi connectivity index (χ0n) is 14.0. The number of nitrogens with zero attached hydrogens (tertiary/aromatic N) is 2. The Morgan fingerprint density at radius 3 is 2.78 bits per heavy atom. The molecule has 1 aliphatic heterocycles. The van der Waals surface area contributed by atoms with Crippen molar-refractivity contribution in [2.75, 3.05) is 5.32 Å². The molecule has 0 saturated heterocycles. The van der Waals surface area contributed by atoms with E-state index in [1.54, 1.807) is 6.07 Å². The number of fused-ring (bicyclic) bond motifs is 2. The van der Waals surface area contributed by atoms with E-state index in [0.29, 0.717) is 11.2 Å². The third-order valence-electron chi connectivity index (χ3n) is 4.85. The van der Waals surface area contributed by atoms with E-state index in [4.69, 9.17) is 5.73 Å². The summed E-state index contributed by atoms with van der Waals surface area (Å²) in [5.41, 5.74) is 10.1. The van der Waals surface area contributed by atoms with E-state index in [-0.39, 0.29) is 17.6 Å². The summed E-state index contributed by atoms with van der Waals surface area (Å²) in [5, 5.41) is 12.4. The van der Waals surface area contributed by atoms with Crippen LogP contribution in [0.25, 0.3) is 22.2 Å². The Hall–Kier alpha value is -3.74. The molecule has 1 aliphatic rings. The zero-order valence-corrected chi connectivity index (χ0v) is 14.0. The van der Waals surface area contributed by atoms with E-state index in [2.05, 4.69) is 20.5 Å². The molecule has 0 saturated carbocycles. The van der Waals surface area contributed by atoms with Gasteiger partial charge in [0, 0.05) is 34.0 Å². The second-order valence-electron chi connectivity index (χ2n) is 6.43. The quantitative estimate of drug-likeness (QED) is 0.511. The van der Waals surface area contributed by atoms with E-state index < -0.39 is 5.91 Å². The Bertz CT molecular complexity index is 1220. The van der Waals surface area contributed by atoms with Gasteiger partial charge in [0.15, 0.2) is 11.3 Å². The number of hydrogen-bond donors (Lipinski definition) is 3. The van der Waals surface area contributed by atoms with Crippen LogP contribution in [0.15, 0.2) is 54.7 Å². The van der Waals surface area contributed by atoms with Crippen molar-refractivity contribution in [1.29, 1.82) is 0 Å². The molecule has 4 aromatic rings. The molecule has 5 rings (SSSR count). The monoisotopic (exact) mass is 359 g/mol. The van der Waals surface area contributed by atoms with E-state index >= 15 is 0 Å². The first-order chi connectivity index (χ1) is 13.1. The van der Waals surface area contributed by atoms with Crippen LogP contribution in [0.3, 0.4) is 0 Å². The summed E-state index contributed by atoms with van der Waals surface area (Å²) in [5.74, 6) is -0.963. The number of amides is 1. The van der Waals surface area contributed by atoms with Crippen LogP contribution in [-0.4, -0.2) is 21.1 Å². The van der Waals surface area contributed by atoms with Crippen molar-refractivity contribution < 1.29 is 9.18 Å². The number of nitrogens with two attached hydrogens (primary N) is 1. The minimum absolute atomic E-state index is 0.109. The van der Waals surface area contributed by atoms with Gasteiger partial charge in [-0.15, -0.1) is 10.2 Å². The number of primary amides is 1. The molecule has 0 fully saturated rings. The maximum atomic E-state index is 13.9. The summed E-state index contributed by atoms with van der Waals surface area (Å²) in [6, 6.07) is 13.7. The molecule has 1 atom stereocenters. The minimum atomic E-state index is -0.648. The van der Waals surface area contributed by atoms with Gasteiger partial charge in [-0.3, -0.25) is 4.79 Å². The van der Waals surface area contributed by atoms with Crippen LogP contribution < -0.4 is 11.1 Å². The predicted octanol–water partition coefficient (Wildman–Crippen LogP) is 3.38. The highest BCUT2D eigenvalue weighted by atomic mass is 19.1. The lowest BCUT2D eigenvalue weighted by Crippen LogP contribution is -2.15. The molecule has 3 heterocycles. The van der Waals surface area contributed by atoms with Gasteiger partial charge in [0.25, 0.3) is 5.91 Å². The molecule has 0 radical (unpaired) electrons. The largest absolute Gasteiger partial charge is 0.374 e. The molecule has 0 spiro atoms. The summed E-state index contributed by atoms with van der Waals surface area (Å²) in [7, 11) is 0. The van der Waals surface area contributed by atoms with Crippen molar-refractivity contribution in [3.8, 4) is 11.1 Å². The number of aromatic amines is 1. The van der Waals surface area contributed by atoms with Gasteiger partial charge in [-0.25, -0.2) is 4.39 Å². The summed E-state index contributed by atoms with van der Waals surface area (Å²) in [4.78, 5) is 15.1. The highest BCUT2D eigenvalue weighted by Gasteiger charge is 2.29. The summed E-state index contributed by atoms with van der Waals surface area (Å²) < 4.78 is 13.9. The minimum Gasteiger partial charge on any atom is -0.374 e. The number of benzene rings is 2. The van der Waals surface area contributed by atoms with E-state index in [1.165, 1.54) is 12.1 Å². The third-order valence-corrected chi connectivity index (χ3v) is 4.85. The Balaban J connectivity index is 1.90. The number of anilines is 1. The van der Waals surface area contributed by atoms with Crippen molar-refractivity contribution in [1.82, 2.24) is 15.2 Å². The second kappa shape index (κ2) is 5.63. The van der Waals surface area contributed by atoms with Gasteiger partial charge in [0.1, 0.15) is 5.82 Å². The first-order valence-corrected chi connectivity index (χ1v) is 8.42. The number of rotatable bonds is 2. The molecule has 2 aromatic heterocycles. The average Bonchev–Trinajstić information content (AvgIpc) is 3.03. The van der Waals surface area contributed by atoms with Crippen LogP contribution >= 0.6 is 0 Å². The van der Waals surface area contributed by atoms with Gasteiger partial charge >= 0.3 is 0 Å². The Labute approximate surface area is 153 Å². The molecule has 0 bridgehead atoms. The van der Waals surface area contributed by atoms with Crippen LogP contribution in [0.4, 0.5) is 10.1 Å². The number of halogens is 1. The van der Waals surface area contributed by atoms with Gasteiger partial charge in [-0.05, 0) is 23.8 Å². The Morgan fingerprint density at radius 1 is 1.11 bits per heavy atom. The molecule has 7 heteroatoms. The first-order valence-electron chi connectivity index (χ1n) is 8.42. The van der Waals surface area contributed by atoms with E-state index in [1.807, 2.05) is 36.5 Å². The number of nitrogens with one attached hydrogen (secondary N) is 2. The van der Waals surface area contributed by atoms with Gasteiger partial charge < -0.3 is 16.0 Å². The molecular formula is C20H14FN5O. The highest BCUT2D eigenvalue weighted by Crippen LogP contribution is 2.44. The number of para-hydroxylation sites is 1. The smallest absolute Gasteiger partial charge is 0.269 e. The molecule has 0 aliphatic carbocycles. The molecule has 132 valence electrons. The van der Waals surface area contributed by atoms with Crippen molar-refractivity contribution in [3.63, 3.8) is 0 Å². The number of H-pyrrole nitrogens is 1. The lowest BCUT2D eigenvalue weighted by atomic mass is 9.95. The lowest BCUT2D eigenvalue weighted by Gasteiger charge is -2.19. The van der Waals surface area contributed by atoms with E-state index in [0.717, 1.165) is 27.8 Å². The van der Waals surface area contributed by atoms with Gasteiger partial charge in [-0.1, -0.05) is 30.3 Å². The van der Waals surface area contributed by atoms with Crippen molar-refractivity contribution >= 4 is 22.6 Å². The summed E-state index contributed by atoms with van der Waals surface area (Å²) >= 11 is 0. The van der Waals surface area contributed by atoms with Crippen LogP contribution in [0.1, 0.15) is 27.7 Å². The SMILES string of the molecule is NC(=O)c1nnc2[nH]cc3c2c1-c1ccccc1NC3c1cccc(F)c1. The van der Waals surface area contributed by atoms with Crippen molar-refractivity contribution in [2.45, 2.75) is 6.04 Å². The fourth-order valence-corrected chi connectivity index (χ4v) is 3.71. The van der Waals surface area contributed by atoms with Gasteiger partial charge in [0.2, 0.25) is 0 Å². The Kier molecular flexibility index (Phi) is 3.24. The molecule has 6 nitrogen and oxygen atoms in total. The second-order valence-corrected chi connectivity index (χ2v) is 6.43. The molecule has 1 unspecified atom stereocenters. The number of carbonyl (C=O) groups is 1. The third kappa shape index (κ3) is 2.28. The van der Waals surface area contributed by atoms with E-state index in [9.17, 15) is 9.18 Å². The van der Waals surface area contributed by atoms with Crippen LogP contribution in [0, 0.1) is 5.82 Å². The van der Waals surface area contributed by atoms with Crippen molar-refractivity contribution in [2.24, 2.45) is 5.73 Å². The maximum Gasteiger partial charge on any atom is 0.269 e. The highest BCUT2D eigenvalue weighted by molar-refractivity contribution is 6.10. The van der Waals surface area contributed by atoms with Crippen molar-refractivity contribution in [3.05, 3.63) is 77.4 Å². The standard InChI is InChI=1S/C20H14FN5O/c21-11-5-3-4-10(8-11)17-13-9-23-20-16(13)15(18(19(22)27)25-26-20)12-6-1-2-7-14(12)24-17/h1-9,17,24H,(H2,22,27)(H,23,26). The van der Waals surface area contributed by atoms with Crippen LogP contribution in [0.2, 0.25) is 0 Å². The number of aromatic nitrogens is 3. The fraction of sp³-hybridized carbons (Fsp3) is 0.0500. The average molecular weight is 359 g/mol. The molecule has 2 aromatic carbocycles. The first kappa shape index (κ1) is 15.5. The zero-order chi connectivity index (χ0) is 18.5. The number of hydrogen-bond acceptors (Lipinski definition) is 4. The normalized spacial score (nSPS) is 15.1. The fourth-order valence-electron chi connectivity index (χ4n) is 3.71.